The van der Waals surface area contributed by atoms with Crippen LogP contribution in [-0.4, -0.2) is 19.1 Å². The normalized spacial score (nSPS) is 10.4. The van der Waals surface area contributed by atoms with E-state index in [-0.39, 0.29) is 5.56 Å². The molecule has 0 aliphatic heterocycles. The highest BCUT2D eigenvalue weighted by molar-refractivity contribution is 6.30. The fraction of sp³-hybridized carbons (Fsp3) is 0.0870. The summed E-state index contributed by atoms with van der Waals surface area (Å²) in [5.74, 6) is 0.492. The van der Waals surface area contributed by atoms with Crippen LogP contribution in [0.1, 0.15) is 27.9 Å². The van der Waals surface area contributed by atoms with Crippen molar-refractivity contribution in [3.8, 4) is 18.0 Å². The molecule has 0 saturated carbocycles. The molecule has 0 radical (unpaired) electrons. The monoisotopic (exact) mass is 426 g/mol. The quantitative estimate of drug-likeness (QED) is 0.486. The zero-order chi connectivity index (χ0) is 21.8. The van der Waals surface area contributed by atoms with Gasteiger partial charge in [0.25, 0.3) is 5.56 Å². The van der Waals surface area contributed by atoms with Gasteiger partial charge in [0.2, 0.25) is 0 Å². The molecule has 0 N–H and O–H groups in total. The summed E-state index contributed by atoms with van der Waals surface area (Å²) < 4.78 is 3.38. The number of benzene rings is 1. The fourth-order valence-electron chi connectivity index (χ4n) is 3.23. The van der Waals surface area contributed by atoms with E-state index in [0.29, 0.717) is 34.9 Å². The predicted octanol–water partition coefficient (Wildman–Crippen LogP) is 3.46. The molecule has 8 heteroatoms. The molecule has 0 fully saturated rings. The number of nitrogens with zero attached hydrogens (tertiary/aromatic N) is 6. The number of aromatic nitrogens is 4. The lowest BCUT2D eigenvalue weighted by Crippen LogP contribution is -2.17. The van der Waals surface area contributed by atoms with Gasteiger partial charge in [-0.25, -0.2) is 9.97 Å². The van der Waals surface area contributed by atoms with Gasteiger partial charge in [0.05, 0.1) is 22.5 Å². The van der Waals surface area contributed by atoms with Crippen molar-refractivity contribution in [3.63, 3.8) is 0 Å². The van der Waals surface area contributed by atoms with E-state index in [1.165, 1.54) is 16.8 Å². The molecule has 0 atom stereocenters. The second kappa shape index (κ2) is 8.66. The van der Waals surface area contributed by atoms with Crippen molar-refractivity contribution >= 4 is 11.6 Å². The number of pyridine rings is 2. The summed E-state index contributed by atoms with van der Waals surface area (Å²) in [6, 6.07) is 15.9. The Morgan fingerprint density at radius 2 is 1.77 bits per heavy atom. The van der Waals surface area contributed by atoms with Gasteiger partial charge in [-0.1, -0.05) is 23.7 Å². The van der Waals surface area contributed by atoms with E-state index >= 15 is 0 Å². The average molecular weight is 427 g/mol. The third-order valence-electron chi connectivity index (χ3n) is 4.79. The number of halogens is 1. The van der Waals surface area contributed by atoms with Crippen LogP contribution in [0.5, 0.6) is 0 Å². The summed E-state index contributed by atoms with van der Waals surface area (Å²) in [6.07, 6.45) is 7.36. The molecule has 3 heterocycles. The van der Waals surface area contributed by atoms with Crippen molar-refractivity contribution < 1.29 is 0 Å². The standard InChI is InChI=1S/C23H15ClN6O/c24-20-4-6-23(31)30(14-20)22-5-2-16(11-28-22)8-21-12-27-15-29(21)13-17-1-3-18(9-25)19(7-17)10-26/h1-7,11-12,14-15H,8,13H2. The minimum Gasteiger partial charge on any atom is -0.330 e. The Morgan fingerprint density at radius 1 is 0.968 bits per heavy atom. The molecule has 0 saturated heterocycles. The number of hydrogen-bond acceptors (Lipinski definition) is 5. The molecule has 4 aromatic rings. The lowest BCUT2D eigenvalue weighted by atomic mass is 10.1. The predicted molar refractivity (Wildman–Crippen MR) is 115 cm³/mol. The molecule has 0 aliphatic rings. The van der Waals surface area contributed by atoms with Gasteiger partial charge >= 0.3 is 0 Å². The van der Waals surface area contributed by atoms with Gasteiger partial charge in [-0.2, -0.15) is 10.5 Å². The van der Waals surface area contributed by atoms with Crippen LogP contribution in [0.4, 0.5) is 0 Å². The van der Waals surface area contributed by atoms with Gasteiger partial charge in [0.1, 0.15) is 18.0 Å². The van der Waals surface area contributed by atoms with Crippen LogP contribution in [0.3, 0.4) is 0 Å². The van der Waals surface area contributed by atoms with Crippen molar-refractivity contribution in [2.75, 3.05) is 0 Å². The van der Waals surface area contributed by atoms with E-state index in [9.17, 15) is 10.1 Å². The van der Waals surface area contributed by atoms with Gasteiger partial charge in [0, 0.05) is 43.3 Å². The van der Waals surface area contributed by atoms with Crippen molar-refractivity contribution in [1.82, 2.24) is 19.1 Å². The minimum absolute atomic E-state index is 0.207. The van der Waals surface area contributed by atoms with Gasteiger partial charge in [-0.3, -0.25) is 9.36 Å². The minimum atomic E-state index is -0.207. The molecular formula is C23H15ClN6O. The Morgan fingerprint density at radius 3 is 2.52 bits per heavy atom. The lowest BCUT2D eigenvalue weighted by Gasteiger charge is -2.10. The van der Waals surface area contributed by atoms with Crippen LogP contribution < -0.4 is 5.56 Å². The van der Waals surface area contributed by atoms with Crippen molar-refractivity contribution in [1.29, 1.82) is 10.5 Å². The summed E-state index contributed by atoms with van der Waals surface area (Å²) in [5, 5.41) is 18.8. The zero-order valence-electron chi connectivity index (χ0n) is 16.2. The van der Waals surface area contributed by atoms with E-state index in [1.54, 1.807) is 43.0 Å². The van der Waals surface area contributed by atoms with E-state index in [2.05, 4.69) is 16.0 Å². The first-order valence-electron chi connectivity index (χ1n) is 9.33. The third-order valence-corrected chi connectivity index (χ3v) is 5.02. The van der Waals surface area contributed by atoms with Gasteiger partial charge in [0.15, 0.2) is 0 Å². The third kappa shape index (κ3) is 4.37. The maximum absolute atomic E-state index is 12.0. The van der Waals surface area contributed by atoms with Crippen LogP contribution in [0, 0.1) is 22.7 Å². The SMILES string of the molecule is N#Cc1ccc(Cn2cncc2Cc2ccc(-n3cc(Cl)ccc3=O)nc2)cc1C#N. The molecule has 3 aromatic heterocycles. The second-order valence-electron chi connectivity index (χ2n) is 6.87. The molecule has 0 amide bonds. The fourth-order valence-corrected chi connectivity index (χ4v) is 3.39. The molecule has 4 rings (SSSR count). The first-order chi connectivity index (χ1) is 15.1. The molecule has 0 spiro atoms. The Hall–Kier alpha value is -4.20. The highest BCUT2D eigenvalue weighted by Crippen LogP contribution is 2.15. The van der Waals surface area contributed by atoms with Crippen molar-refractivity contribution in [2.24, 2.45) is 0 Å². The number of nitriles is 2. The summed E-state index contributed by atoms with van der Waals surface area (Å²) in [5.41, 5.74) is 3.35. The molecule has 31 heavy (non-hydrogen) atoms. The second-order valence-corrected chi connectivity index (χ2v) is 7.31. The number of rotatable bonds is 5. The van der Waals surface area contributed by atoms with Gasteiger partial charge in [-0.15, -0.1) is 0 Å². The molecule has 150 valence electrons. The Kier molecular flexibility index (Phi) is 5.61. The first-order valence-corrected chi connectivity index (χ1v) is 9.71. The average Bonchev–Trinajstić information content (AvgIpc) is 3.22. The smallest absolute Gasteiger partial charge is 0.256 e. The first kappa shape index (κ1) is 20.1. The molecule has 0 unspecified atom stereocenters. The Balaban J connectivity index is 1.54. The van der Waals surface area contributed by atoms with Crippen LogP contribution in [0.2, 0.25) is 5.02 Å². The van der Waals surface area contributed by atoms with Gasteiger partial charge < -0.3 is 4.57 Å². The lowest BCUT2D eigenvalue weighted by molar-refractivity contribution is 0.752. The van der Waals surface area contributed by atoms with E-state index in [0.717, 1.165) is 16.8 Å². The van der Waals surface area contributed by atoms with Crippen LogP contribution in [-0.2, 0) is 13.0 Å². The summed E-state index contributed by atoms with van der Waals surface area (Å²) in [4.78, 5) is 20.7. The molecule has 1 aromatic carbocycles. The Bertz CT molecular complexity index is 1390. The maximum Gasteiger partial charge on any atom is 0.256 e. The molecule has 0 bridgehead atoms. The summed E-state index contributed by atoms with van der Waals surface area (Å²) >= 11 is 5.98. The highest BCUT2D eigenvalue weighted by atomic mass is 35.5. The zero-order valence-corrected chi connectivity index (χ0v) is 17.0. The summed E-state index contributed by atoms with van der Waals surface area (Å²) in [7, 11) is 0. The van der Waals surface area contributed by atoms with Crippen molar-refractivity contribution in [2.45, 2.75) is 13.0 Å². The van der Waals surface area contributed by atoms with Crippen LogP contribution in [0.25, 0.3) is 5.82 Å². The highest BCUT2D eigenvalue weighted by Gasteiger charge is 2.09. The van der Waals surface area contributed by atoms with E-state index in [1.807, 2.05) is 22.8 Å². The van der Waals surface area contributed by atoms with E-state index in [4.69, 9.17) is 16.9 Å². The topological polar surface area (TPSA) is 100 Å². The Labute approximate surface area is 183 Å². The maximum atomic E-state index is 12.0. The molecular weight excluding hydrogens is 412 g/mol. The van der Waals surface area contributed by atoms with Crippen LogP contribution >= 0.6 is 11.6 Å². The number of hydrogen-bond donors (Lipinski definition) is 0. The van der Waals surface area contributed by atoms with Crippen molar-refractivity contribution in [3.05, 3.63) is 111 Å². The van der Waals surface area contributed by atoms with Crippen LogP contribution in [0.15, 0.2) is 72.2 Å². The summed E-state index contributed by atoms with van der Waals surface area (Å²) in [6.45, 7) is 0.527. The van der Waals surface area contributed by atoms with E-state index < -0.39 is 0 Å². The van der Waals surface area contributed by atoms with Gasteiger partial charge in [-0.05, 0) is 35.4 Å². The molecule has 0 aliphatic carbocycles. The number of imidazole rings is 1. The molecule has 7 nitrogen and oxygen atoms in total. The largest absolute Gasteiger partial charge is 0.330 e.